The van der Waals surface area contributed by atoms with Gasteiger partial charge in [0.15, 0.2) is 6.04 Å². The van der Waals surface area contributed by atoms with Crippen LogP contribution in [0.2, 0.25) is 5.02 Å². The summed E-state index contributed by atoms with van der Waals surface area (Å²) in [5.41, 5.74) is -0.555. The molecule has 0 unspecified atom stereocenters. The molecule has 4 rings (SSSR count). The molecule has 0 saturated heterocycles. The van der Waals surface area contributed by atoms with E-state index in [0.717, 1.165) is 6.07 Å². The molecule has 180 valence electrons. The highest BCUT2D eigenvalue weighted by Crippen LogP contribution is 2.32. The first-order valence-corrected chi connectivity index (χ1v) is 11.0. The highest BCUT2D eigenvalue weighted by molar-refractivity contribution is 6.31. The average Bonchev–Trinajstić information content (AvgIpc) is 2.76. The molecule has 9 heteroatoms. The molecule has 35 heavy (non-hydrogen) atoms. The van der Waals surface area contributed by atoms with E-state index >= 15 is 0 Å². The second-order valence-electron chi connectivity index (χ2n) is 8.80. The molecular weight excluding hydrogens is 474 g/mol. The SMILES string of the molecule is CC(C)(C)OC(=O)N[C@H](C(=O)Oc1cc(O)c2c(=O)c3ccc(Cl)cc3oc2c1)c1ccccc1. The number of phenolic OH excluding ortho intramolecular Hbond substituents is 1. The molecule has 3 aromatic carbocycles. The van der Waals surface area contributed by atoms with Crippen molar-refractivity contribution in [2.45, 2.75) is 32.4 Å². The summed E-state index contributed by atoms with van der Waals surface area (Å²) >= 11 is 6.00. The Balaban J connectivity index is 1.69. The molecule has 4 aromatic rings. The van der Waals surface area contributed by atoms with Crippen LogP contribution in [0.5, 0.6) is 11.5 Å². The van der Waals surface area contributed by atoms with Gasteiger partial charge in [-0.1, -0.05) is 41.9 Å². The van der Waals surface area contributed by atoms with Gasteiger partial charge in [0.1, 0.15) is 33.7 Å². The van der Waals surface area contributed by atoms with Crippen molar-refractivity contribution in [3.05, 3.63) is 81.5 Å². The predicted octanol–water partition coefficient (Wildman–Crippen LogP) is 5.48. The number of fused-ring (bicyclic) bond motifs is 2. The molecule has 8 nitrogen and oxygen atoms in total. The summed E-state index contributed by atoms with van der Waals surface area (Å²) < 4.78 is 16.5. The maximum Gasteiger partial charge on any atom is 0.408 e. The number of phenols is 1. The van der Waals surface area contributed by atoms with Crippen LogP contribution < -0.4 is 15.5 Å². The van der Waals surface area contributed by atoms with Gasteiger partial charge < -0.3 is 24.3 Å². The van der Waals surface area contributed by atoms with E-state index in [1.54, 1.807) is 57.2 Å². The Morgan fingerprint density at radius 2 is 1.74 bits per heavy atom. The van der Waals surface area contributed by atoms with Crippen molar-refractivity contribution in [2.75, 3.05) is 0 Å². The number of carbonyl (C=O) groups excluding carboxylic acids is 2. The fourth-order valence-electron chi connectivity index (χ4n) is 3.49. The molecule has 0 bridgehead atoms. The lowest BCUT2D eigenvalue weighted by Gasteiger charge is -2.23. The van der Waals surface area contributed by atoms with E-state index in [0.29, 0.717) is 10.6 Å². The summed E-state index contributed by atoms with van der Waals surface area (Å²) in [6.07, 6.45) is -0.806. The van der Waals surface area contributed by atoms with Crippen molar-refractivity contribution in [3.63, 3.8) is 0 Å². The molecule has 0 aliphatic rings. The number of alkyl carbamates (subject to hydrolysis) is 1. The monoisotopic (exact) mass is 495 g/mol. The Labute approximate surface area is 205 Å². The van der Waals surface area contributed by atoms with Crippen LogP contribution >= 0.6 is 11.6 Å². The molecule has 0 aliphatic heterocycles. The number of ether oxygens (including phenoxy) is 2. The normalized spacial score (nSPS) is 12.3. The van der Waals surface area contributed by atoms with Crippen LogP contribution in [-0.4, -0.2) is 22.8 Å². The molecule has 1 heterocycles. The van der Waals surface area contributed by atoms with Crippen LogP contribution in [0.3, 0.4) is 0 Å². The first-order valence-electron chi connectivity index (χ1n) is 10.7. The fraction of sp³-hybridized carbons (Fsp3) is 0.192. The number of hydrogen-bond acceptors (Lipinski definition) is 7. The zero-order chi connectivity index (χ0) is 25.3. The largest absolute Gasteiger partial charge is 0.507 e. The van der Waals surface area contributed by atoms with Crippen molar-refractivity contribution < 1.29 is 28.6 Å². The van der Waals surface area contributed by atoms with Crippen LogP contribution in [-0.2, 0) is 9.53 Å². The minimum atomic E-state index is -1.20. The molecule has 0 radical (unpaired) electrons. The highest BCUT2D eigenvalue weighted by Gasteiger charge is 2.28. The van der Waals surface area contributed by atoms with Gasteiger partial charge in [-0.15, -0.1) is 0 Å². The summed E-state index contributed by atoms with van der Waals surface area (Å²) in [7, 11) is 0. The van der Waals surface area contributed by atoms with E-state index in [-0.39, 0.29) is 27.7 Å². The third-order valence-corrected chi connectivity index (χ3v) is 5.17. The Bertz CT molecular complexity index is 1490. The zero-order valence-electron chi connectivity index (χ0n) is 19.1. The minimum absolute atomic E-state index is 0.00364. The number of rotatable bonds is 4. The van der Waals surface area contributed by atoms with Gasteiger partial charge in [0.05, 0.1) is 5.39 Å². The van der Waals surface area contributed by atoms with Gasteiger partial charge in [0.2, 0.25) is 5.43 Å². The van der Waals surface area contributed by atoms with Gasteiger partial charge in [0.25, 0.3) is 0 Å². The number of esters is 1. The van der Waals surface area contributed by atoms with Crippen molar-refractivity contribution >= 4 is 45.6 Å². The molecule has 2 N–H and O–H groups in total. The van der Waals surface area contributed by atoms with Crippen molar-refractivity contribution in [2.24, 2.45) is 0 Å². The van der Waals surface area contributed by atoms with Crippen LogP contribution in [0.25, 0.3) is 21.9 Å². The van der Waals surface area contributed by atoms with E-state index in [2.05, 4.69) is 5.32 Å². The number of benzene rings is 3. The maximum atomic E-state index is 13.1. The summed E-state index contributed by atoms with van der Waals surface area (Å²) in [4.78, 5) is 38.3. The zero-order valence-corrected chi connectivity index (χ0v) is 19.9. The molecule has 1 amide bonds. The first kappa shape index (κ1) is 24.1. The second-order valence-corrected chi connectivity index (χ2v) is 9.23. The van der Waals surface area contributed by atoms with E-state index in [4.69, 9.17) is 25.5 Å². The molecule has 1 aromatic heterocycles. The summed E-state index contributed by atoms with van der Waals surface area (Å²) in [5.74, 6) is -1.35. The second kappa shape index (κ2) is 9.31. The summed E-state index contributed by atoms with van der Waals surface area (Å²) in [5, 5.41) is 13.6. The lowest BCUT2D eigenvalue weighted by atomic mass is 10.1. The number of carbonyl (C=O) groups is 2. The molecule has 0 spiro atoms. The van der Waals surface area contributed by atoms with Gasteiger partial charge in [-0.2, -0.15) is 0 Å². The Kier molecular flexibility index (Phi) is 6.41. The van der Waals surface area contributed by atoms with Gasteiger partial charge in [-0.3, -0.25) is 4.79 Å². The number of hydrogen-bond donors (Lipinski definition) is 2. The van der Waals surface area contributed by atoms with E-state index in [1.807, 2.05) is 0 Å². The lowest BCUT2D eigenvalue weighted by molar-refractivity contribution is -0.137. The molecule has 0 fully saturated rings. The van der Waals surface area contributed by atoms with Crippen LogP contribution in [0, 0.1) is 0 Å². The van der Waals surface area contributed by atoms with Crippen LogP contribution in [0.4, 0.5) is 4.79 Å². The van der Waals surface area contributed by atoms with Crippen LogP contribution in [0.15, 0.2) is 69.9 Å². The third-order valence-electron chi connectivity index (χ3n) is 4.94. The Morgan fingerprint density at radius 1 is 1.03 bits per heavy atom. The number of nitrogens with one attached hydrogen (secondary N) is 1. The average molecular weight is 496 g/mol. The minimum Gasteiger partial charge on any atom is -0.507 e. The van der Waals surface area contributed by atoms with Crippen molar-refractivity contribution in [3.8, 4) is 11.5 Å². The standard InChI is InChI=1S/C26H22ClNO7/c1-26(2,3)35-25(32)28-22(14-7-5-4-6-8-14)24(31)33-16-12-18(29)21-20(13-16)34-19-11-15(27)9-10-17(19)23(21)30/h4-13,22,29H,1-3H3,(H,28,32)/t22-/m0/s1. The summed E-state index contributed by atoms with van der Waals surface area (Å²) in [6, 6.07) is 14.2. The van der Waals surface area contributed by atoms with E-state index < -0.39 is 34.9 Å². The Morgan fingerprint density at radius 3 is 2.43 bits per heavy atom. The Hall–Kier alpha value is -4.04. The third kappa shape index (κ3) is 5.38. The molecule has 0 aliphatic carbocycles. The van der Waals surface area contributed by atoms with E-state index in [9.17, 15) is 19.5 Å². The molecule has 1 atom stereocenters. The number of aromatic hydroxyl groups is 1. The molecular formula is C26H22ClNO7. The first-order chi connectivity index (χ1) is 16.5. The smallest absolute Gasteiger partial charge is 0.408 e. The number of amides is 1. The fourth-order valence-corrected chi connectivity index (χ4v) is 3.65. The molecule has 0 saturated carbocycles. The highest BCUT2D eigenvalue weighted by atomic mass is 35.5. The topological polar surface area (TPSA) is 115 Å². The van der Waals surface area contributed by atoms with Gasteiger partial charge >= 0.3 is 12.1 Å². The quantitative estimate of drug-likeness (QED) is 0.219. The predicted molar refractivity (Wildman–Crippen MR) is 131 cm³/mol. The van der Waals surface area contributed by atoms with Gasteiger partial charge in [-0.05, 0) is 38.5 Å². The van der Waals surface area contributed by atoms with Crippen molar-refractivity contribution in [1.82, 2.24) is 5.32 Å². The van der Waals surface area contributed by atoms with Crippen LogP contribution in [0.1, 0.15) is 32.4 Å². The maximum absolute atomic E-state index is 13.1. The van der Waals surface area contributed by atoms with Crippen molar-refractivity contribution in [1.29, 1.82) is 0 Å². The van der Waals surface area contributed by atoms with Gasteiger partial charge in [-0.25, -0.2) is 9.59 Å². The number of halogens is 1. The lowest BCUT2D eigenvalue weighted by Crippen LogP contribution is -2.39. The summed E-state index contributed by atoms with van der Waals surface area (Å²) in [6.45, 7) is 5.10. The van der Waals surface area contributed by atoms with Gasteiger partial charge in [0, 0.05) is 23.2 Å². The van der Waals surface area contributed by atoms with E-state index in [1.165, 1.54) is 18.2 Å².